The van der Waals surface area contributed by atoms with Crippen LogP contribution in [0.5, 0.6) is 0 Å². The van der Waals surface area contributed by atoms with Gasteiger partial charge in [-0.25, -0.2) is 18.2 Å². The van der Waals surface area contributed by atoms with Gasteiger partial charge in [-0.1, -0.05) is 18.2 Å². The predicted octanol–water partition coefficient (Wildman–Crippen LogP) is 5.35. The summed E-state index contributed by atoms with van der Waals surface area (Å²) < 4.78 is 57.0. The Kier molecular flexibility index (Phi) is 7.78. The Labute approximate surface area is 204 Å². The number of sulfonamides is 1. The van der Waals surface area contributed by atoms with Crippen LogP contribution in [-0.2, 0) is 14.8 Å². The van der Waals surface area contributed by atoms with Gasteiger partial charge < -0.3 is 10.4 Å². The number of benzene rings is 2. The van der Waals surface area contributed by atoms with E-state index in [9.17, 15) is 21.6 Å². The van der Waals surface area contributed by atoms with E-state index in [1.807, 2.05) is 55.6 Å². The first-order valence-corrected chi connectivity index (χ1v) is 12.2. The molecule has 0 amide bonds. The Morgan fingerprint density at radius 3 is 2.22 bits per heavy atom. The van der Waals surface area contributed by atoms with E-state index in [1.54, 1.807) is 18.3 Å². The molecular weight excluding hydrogens is 497 g/mol. The molecule has 3 N–H and O–H groups in total. The number of aryl methyl sites for hydroxylation is 1. The minimum absolute atomic E-state index is 0.526. The SMILES string of the molecule is Cc1ccnc(Nc2cccc3ncc(-c4ccc(NS(C)(=O)=O)cc4)cc23)c1.O=C(O)C(F)(F)F. The van der Waals surface area contributed by atoms with E-state index in [0.29, 0.717) is 5.69 Å². The average Bonchev–Trinajstić information content (AvgIpc) is 2.78. The second-order valence-corrected chi connectivity index (χ2v) is 9.44. The molecule has 0 spiro atoms. The molecule has 2 aromatic carbocycles. The number of nitrogens with zero attached hydrogens (tertiary/aromatic N) is 2. The van der Waals surface area contributed by atoms with Crippen LogP contribution in [0.25, 0.3) is 22.0 Å². The number of hydrogen-bond acceptors (Lipinski definition) is 6. The quantitative estimate of drug-likeness (QED) is 0.325. The number of carboxylic acid groups (broad SMARTS) is 1. The van der Waals surface area contributed by atoms with Gasteiger partial charge in [0.25, 0.3) is 0 Å². The van der Waals surface area contributed by atoms with Gasteiger partial charge in [0.2, 0.25) is 10.0 Å². The first kappa shape index (κ1) is 26.4. The van der Waals surface area contributed by atoms with E-state index in [-0.39, 0.29) is 0 Å². The lowest BCUT2D eigenvalue weighted by Gasteiger charge is -2.11. The highest BCUT2D eigenvalue weighted by Crippen LogP contribution is 2.30. The summed E-state index contributed by atoms with van der Waals surface area (Å²) in [5.74, 6) is -1.98. The molecule has 0 aliphatic heterocycles. The predicted molar refractivity (Wildman–Crippen MR) is 132 cm³/mol. The zero-order valence-electron chi connectivity index (χ0n) is 19.0. The highest BCUT2D eigenvalue weighted by Gasteiger charge is 2.38. The summed E-state index contributed by atoms with van der Waals surface area (Å²) in [7, 11) is -3.30. The fourth-order valence-electron chi connectivity index (χ4n) is 3.10. The summed E-state index contributed by atoms with van der Waals surface area (Å²) in [6, 6.07) is 19.1. The summed E-state index contributed by atoms with van der Waals surface area (Å²) in [6.45, 7) is 2.03. The number of nitrogens with one attached hydrogen (secondary N) is 2. The molecule has 0 aliphatic carbocycles. The van der Waals surface area contributed by atoms with Crippen LogP contribution in [0.3, 0.4) is 0 Å². The molecule has 36 heavy (non-hydrogen) atoms. The highest BCUT2D eigenvalue weighted by molar-refractivity contribution is 7.92. The maximum atomic E-state index is 11.4. The number of hydrogen-bond donors (Lipinski definition) is 3. The Morgan fingerprint density at radius 1 is 0.972 bits per heavy atom. The van der Waals surface area contributed by atoms with Gasteiger partial charge >= 0.3 is 12.1 Å². The standard InChI is InChI=1S/C22H20N4O2S.C2HF3O2/c1-15-10-11-23-22(12-15)25-21-5-3-4-20-19(21)13-17(14-24-20)16-6-8-18(9-7-16)26-29(2,27)28;3-2(4,5)1(6)7/h3-14,26H,1-2H3,(H,23,25);(H,6,7). The van der Waals surface area contributed by atoms with E-state index in [0.717, 1.165) is 45.4 Å². The molecule has 0 fully saturated rings. The molecule has 8 nitrogen and oxygen atoms in total. The summed E-state index contributed by atoms with van der Waals surface area (Å²) in [6.07, 6.45) is -0.361. The van der Waals surface area contributed by atoms with Crippen molar-refractivity contribution in [2.45, 2.75) is 13.1 Å². The van der Waals surface area contributed by atoms with E-state index < -0.39 is 22.2 Å². The van der Waals surface area contributed by atoms with Crippen molar-refractivity contribution in [2.24, 2.45) is 0 Å². The normalized spacial score (nSPS) is 11.4. The molecule has 0 aliphatic rings. The molecule has 12 heteroatoms. The fraction of sp³-hybridized carbons (Fsp3) is 0.125. The molecule has 0 saturated carbocycles. The third-order valence-corrected chi connectivity index (χ3v) is 5.27. The average molecular weight is 519 g/mol. The third kappa shape index (κ3) is 7.40. The van der Waals surface area contributed by atoms with Crippen LogP contribution in [0.2, 0.25) is 0 Å². The second kappa shape index (κ2) is 10.6. The summed E-state index contributed by atoms with van der Waals surface area (Å²) in [5.41, 5.74) is 5.34. The number of halogens is 3. The maximum Gasteiger partial charge on any atom is 0.490 e. The topological polar surface area (TPSA) is 121 Å². The van der Waals surface area contributed by atoms with Crippen LogP contribution in [0, 0.1) is 6.92 Å². The zero-order valence-corrected chi connectivity index (χ0v) is 19.9. The van der Waals surface area contributed by atoms with E-state index in [1.165, 1.54) is 0 Å². The molecule has 0 unspecified atom stereocenters. The van der Waals surface area contributed by atoms with E-state index in [2.05, 4.69) is 26.1 Å². The van der Waals surface area contributed by atoms with Crippen LogP contribution in [0.4, 0.5) is 30.4 Å². The van der Waals surface area contributed by atoms with Crippen LogP contribution >= 0.6 is 0 Å². The molecule has 0 radical (unpaired) electrons. The molecular formula is C24H21F3N4O4S. The lowest BCUT2D eigenvalue weighted by atomic mass is 10.0. The van der Waals surface area contributed by atoms with Gasteiger partial charge in [-0.15, -0.1) is 0 Å². The number of carboxylic acids is 1. The van der Waals surface area contributed by atoms with Gasteiger partial charge in [0.1, 0.15) is 5.82 Å². The highest BCUT2D eigenvalue weighted by atomic mass is 32.2. The van der Waals surface area contributed by atoms with Gasteiger partial charge in [-0.05, 0) is 60.5 Å². The third-order valence-electron chi connectivity index (χ3n) is 4.67. The van der Waals surface area contributed by atoms with E-state index >= 15 is 0 Å². The largest absolute Gasteiger partial charge is 0.490 e. The van der Waals surface area contributed by atoms with Crippen molar-refractivity contribution in [3.63, 3.8) is 0 Å². The number of alkyl halides is 3. The Morgan fingerprint density at radius 2 is 1.64 bits per heavy atom. The molecule has 188 valence electrons. The van der Waals surface area contributed by atoms with Gasteiger partial charge in [0.05, 0.1) is 11.8 Å². The summed E-state index contributed by atoms with van der Waals surface area (Å²) >= 11 is 0. The van der Waals surface area contributed by atoms with E-state index in [4.69, 9.17) is 9.90 Å². The number of pyridine rings is 2. The van der Waals surface area contributed by atoms with Gasteiger partial charge in [0.15, 0.2) is 0 Å². The van der Waals surface area contributed by atoms with Gasteiger partial charge in [-0.3, -0.25) is 9.71 Å². The first-order valence-electron chi connectivity index (χ1n) is 10.3. The molecule has 2 heterocycles. The summed E-state index contributed by atoms with van der Waals surface area (Å²) in [4.78, 5) is 17.9. The maximum absolute atomic E-state index is 11.4. The van der Waals surface area contributed by atoms with Crippen LogP contribution in [0.1, 0.15) is 5.56 Å². The molecule has 0 atom stereocenters. The number of rotatable bonds is 5. The number of aromatic nitrogens is 2. The van der Waals surface area contributed by atoms with Crippen molar-refractivity contribution in [2.75, 3.05) is 16.3 Å². The number of carbonyl (C=O) groups is 1. The lowest BCUT2D eigenvalue weighted by Crippen LogP contribution is -2.21. The second-order valence-electron chi connectivity index (χ2n) is 7.69. The number of aliphatic carboxylic acids is 1. The van der Waals surface area contributed by atoms with Crippen molar-refractivity contribution in [1.82, 2.24) is 9.97 Å². The Balaban J connectivity index is 0.000000454. The minimum Gasteiger partial charge on any atom is -0.475 e. The van der Waals surface area contributed by atoms with Gasteiger partial charge in [-0.2, -0.15) is 13.2 Å². The Bertz CT molecular complexity index is 1490. The number of fused-ring (bicyclic) bond motifs is 1. The molecule has 4 rings (SSSR count). The van der Waals surface area contributed by atoms with Gasteiger partial charge in [0, 0.05) is 34.7 Å². The van der Waals surface area contributed by atoms with Crippen molar-refractivity contribution in [3.05, 3.63) is 78.6 Å². The molecule has 2 aromatic heterocycles. The zero-order chi connectivity index (χ0) is 26.5. The minimum atomic E-state index is -5.08. The summed E-state index contributed by atoms with van der Waals surface area (Å²) in [5, 5.41) is 11.5. The fourth-order valence-corrected chi connectivity index (χ4v) is 3.67. The first-order chi connectivity index (χ1) is 16.8. The van der Waals surface area contributed by atoms with Crippen LogP contribution in [0.15, 0.2) is 73.1 Å². The molecule has 4 aromatic rings. The van der Waals surface area contributed by atoms with Crippen molar-refractivity contribution >= 4 is 44.1 Å². The van der Waals surface area contributed by atoms with Crippen LogP contribution in [-0.4, -0.2) is 41.9 Å². The van der Waals surface area contributed by atoms with Crippen molar-refractivity contribution in [3.8, 4) is 11.1 Å². The number of anilines is 3. The van der Waals surface area contributed by atoms with Crippen molar-refractivity contribution in [1.29, 1.82) is 0 Å². The smallest absolute Gasteiger partial charge is 0.475 e. The monoisotopic (exact) mass is 518 g/mol. The molecule has 0 saturated heterocycles. The van der Waals surface area contributed by atoms with Crippen molar-refractivity contribution < 1.29 is 31.5 Å². The van der Waals surface area contributed by atoms with Crippen LogP contribution < -0.4 is 10.0 Å². The lowest BCUT2D eigenvalue weighted by molar-refractivity contribution is -0.192. The molecule has 0 bridgehead atoms. The Hall–Kier alpha value is -4.19.